The number of nitrogens with zero attached hydrogens (tertiary/aromatic N) is 1. The van der Waals surface area contributed by atoms with Gasteiger partial charge < -0.3 is 9.64 Å². The largest absolute Gasteiger partial charge is 0.497 e. The van der Waals surface area contributed by atoms with Gasteiger partial charge in [-0.25, -0.2) is 0 Å². The van der Waals surface area contributed by atoms with Crippen molar-refractivity contribution in [1.29, 1.82) is 0 Å². The minimum Gasteiger partial charge on any atom is -0.497 e. The number of thiophene rings is 2. The molecule has 2 heterocycles. The Morgan fingerprint density at radius 1 is 1.00 bits per heavy atom. The summed E-state index contributed by atoms with van der Waals surface area (Å²) < 4.78 is 5.23. The van der Waals surface area contributed by atoms with E-state index in [4.69, 9.17) is 4.74 Å². The van der Waals surface area contributed by atoms with Gasteiger partial charge in [0.25, 0.3) is 5.91 Å². The van der Waals surface area contributed by atoms with Gasteiger partial charge >= 0.3 is 0 Å². The number of carbonyl (C=O) groups is 1. The van der Waals surface area contributed by atoms with E-state index in [0.717, 1.165) is 0 Å². The number of hydrogen-bond acceptors (Lipinski definition) is 4. The lowest BCUT2D eigenvalue weighted by molar-refractivity contribution is 0.0733. The van der Waals surface area contributed by atoms with Crippen LogP contribution in [0, 0.1) is 0 Å². The molecule has 0 aliphatic heterocycles. The molecule has 0 atom stereocenters. The van der Waals surface area contributed by atoms with Gasteiger partial charge in [0.1, 0.15) is 5.75 Å². The number of ether oxygens (including phenoxy) is 1. The van der Waals surface area contributed by atoms with Crippen molar-refractivity contribution in [2.45, 2.75) is 13.1 Å². The molecule has 0 aliphatic rings. The van der Waals surface area contributed by atoms with Crippen LogP contribution in [0.25, 0.3) is 0 Å². The first-order valence-corrected chi connectivity index (χ1v) is 9.00. The summed E-state index contributed by atoms with van der Waals surface area (Å²) in [5.74, 6) is 0.716. The Bertz CT molecular complexity index is 715. The van der Waals surface area contributed by atoms with E-state index in [1.54, 1.807) is 35.8 Å². The fraction of sp³-hybridized carbons (Fsp3) is 0.167. The van der Waals surface area contributed by atoms with Crippen LogP contribution < -0.4 is 4.74 Å². The van der Waals surface area contributed by atoms with Crippen molar-refractivity contribution in [3.05, 3.63) is 74.6 Å². The number of rotatable bonds is 6. The molecule has 0 N–H and O–H groups in total. The van der Waals surface area contributed by atoms with E-state index >= 15 is 0 Å². The first-order valence-electron chi connectivity index (χ1n) is 7.24. The number of amides is 1. The Kier molecular flexibility index (Phi) is 5.10. The summed E-state index contributed by atoms with van der Waals surface area (Å²) >= 11 is 3.34. The molecule has 0 saturated heterocycles. The lowest BCUT2D eigenvalue weighted by Crippen LogP contribution is -2.29. The predicted octanol–water partition coefficient (Wildman–Crippen LogP) is 4.66. The summed E-state index contributed by atoms with van der Waals surface area (Å²) in [4.78, 5) is 17.2. The average molecular weight is 343 g/mol. The first kappa shape index (κ1) is 15.8. The zero-order valence-corrected chi connectivity index (χ0v) is 14.4. The Morgan fingerprint density at radius 2 is 1.65 bits per heavy atom. The summed E-state index contributed by atoms with van der Waals surface area (Å²) in [5.41, 5.74) is 0.650. The van der Waals surface area contributed by atoms with Gasteiger partial charge in [0.05, 0.1) is 20.2 Å². The van der Waals surface area contributed by atoms with Crippen LogP contribution in [-0.4, -0.2) is 17.9 Å². The minimum absolute atomic E-state index is 0.0192. The molecule has 23 heavy (non-hydrogen) atoms. The molecule has 0 fully saturated rings. The molecule has 0 spiro atoms. The highest BCUT2D eigenvalue weighted by Crippen LogP contribution is 2.21. The average Bonchev–Trinajstić information content (AvgIpc) is 3.27. The third kappa shape index (κ3) is 4.00. The molecule has 2 aromatic heterocycles. The van der Waals surface area contributed by atoms with Gasteiger partial charge in [-0.15, -0.1) is 22.7 Å². The summed E-state index contributed by atoms with van der Waals surface area (Å²) in [5, 5.41) is 4.07. The molecule has 3 aromatic rings. The van der Waals surface area contributed by atoms with Gasteiger partial charge in [-0.1, -0.05) is 18.2 Å². The van der Waals surface area contributed by atoms with Crippen molar-refractivity contribution in [2.24, 2.45) is 0 Å². The zero-order chi connectivity index (χ0) is 16.1. The highest BCUT2D eigenvalue weighted by molar-refractivity contribution is 7.10. The van der Waals surface area contributed by atoms with E-state index in [1.807, 2.05) is 46.0 Å². The highest BCUT2D eigenvalue weighted by Gasteiger charge is 2.18. The van der Waals surface area contributed by atoms with Crippen molar-refractivity contribution in [3.63, 3.8) is 0 Å². The Balaban J connectivity index is 1.84. The van der Waals surface area contributed by atoms with Crippen LogP contribution in [0.15, 0.2) is 59.3 Å². The van der Waals surface area contributed by atoms with E-state index in [0.29, 0.717) is 24.4 Å². The fourth-order valence-electron chi connectivity index (χ4n) is 2.32. The molecule has 0 bridgehead atoms. The van der Waals surface area contributed by atoms with Gasteiger partial charge in [-0.2, -0.15) is 0 Å². The SMILES string of the molecule is COc1cccc(C(=O)N(Cc2cccs2)Cc2cccs2)c1. The Morgan fingerprint density at radius 3 is 2.17 bits per heavy atom. The van der Waals surface area contributed by atoms with Gasteiger partial charge in [-0.3, -0.25) is 4.79 Å². The maximum atomic E-state index is 12.9. The topological polar surface area (TPSA) is 29.5 Å². The third-order valence-electron chi connectivity index (χ3n) is 3.46. The maximum absolute atomic E-state index is 12.9. The fourth-order valence-corrected chi connectivity index (χ4v) is 3.76. The lowest BCUT2D eigenvalue weighted by atomic mass is 10.2. The molecule has 0 aliphatic carbocycles. The van der Waals surface area contributed by atoms with Crippen LogP contribution in [0.4, 0.5) is 0 Å². The first-order chi connectivity index (χ1) is 11.3. The van der Waals surface area contributed by atoms with Gasteiger partial charge in [0.15, 0.2) is 0 Å². The lowest BCUT2D eigenvalue weighted by Gasteiger charge is -2.22. The summed E-state index contributed by atoms with van der Waals surface area (Å²) in [6, 6.07) is 15.5. The van der Waals surface area contributed by atoms with Crippen molar-refractivity contribution in [3.8, 4) is 5.75 Å². The molecule has 3 rings (SSSR count). The smallest absolute Gasteiger partial charge is 0.254 e. The van der Waals surface area contributed by atoms with Gasteiger partial charge in [-0.05, 0) is 41.1 Å². The molecule has 0 unspecified atom stereocenters. The Labute approximate surface area is 143 Å². The second-order valence-corrected chi connectivity index (χ2v) is 7.12. The standard InChI is InChI=1S/C18H17NO2S2/c1-21-15-6-2-5-14(11-15)18(20)19(12-16-7-3-9-22-16)13-17-8-4-10-23-17/h2-11H,12-13H2,1H3. The van der Waals surface area contributed by atoms with E-state index < -0.39 is 0 Å². The van der Waals surface area contributed by atoms with E-state index in [2.05, 4.69) is 12.1 Å². The van der Waals surface area contributed by atoms with Crippen LogP contribution >= 0.6 is 22.7 Å². The molecule has 1 amide bonds. The molecule has 0 radical (unpaired) electrons. The quantitative estimate of drug-likeness (QED) is 0.651. The monoisotopic (exact) mass is 343 g/mol. The molecular weight excluding hydrogens is 326 g/mol. The Hall–Kier alpha value is -2.11. The number of carbonyl (C=O) groups excluding carboxylic acids is 1. The van der Waals surface area contributed by atoms with E-state index in [-0.39, 0.29) is 5.91 Å². The normalized spacial score (nSPS) is 10.5. The molecule has 5 heteroatoms. The summed E-state index contributed by atoms with van der Waals surface area (Å²) in [6.45, 7) is 1.23. The van der Waals surface area contributed by atoms with Crippen LogP contribution in [0.3, 0.4) is 0 Å². The predicted molar refractivity (Wildman–Crippen MR) is 95.2 cm³/mol. The van der Waals surface area contributed by atoms with Gasteiger partial charge in [0.2, 0.25) is 0 Å². The van der Waals surface area contributed by atoms with Crippen molar-refractivity contribution < 1.29 is 9.53 Å². The number of methoxy groups -OCH3 is 1. The van der Waals surface area contributed by atoms with Crippen LogP contribution in [0.2, 0.25) is 0 Å². The molecular formula is C18H17NO2S2. The molecule has 118 valence electrons. The van der Waals surface area contributed by atoms with Crippen molar-refractivity contribution in [1.82, 2.24) is 4.90 Å². The molecule has 3 nitrogen and oxygen atoms in total. The molecule has 0 saturated carbocycles. The summed E-state index contributed by atoms with van der Waals surface area (Å²) in [6.07, 6.45) is 0. The zero-order valence-electron chi connectivity index (χ0n) is 12.8. The van der Waals surface area contributed by atoms with Crippen LogP contribution in [0.5, 0.6) is 5.75 Å². The van der Waals surface area contributed by atoms with Crippen LogP contribution in [0.1, 0.15) is 20.1 Å². The van der Waals surface area contributed by atoms with Crippen LogP contribution in [-0.2, 0) is 13.1 Å². The number of hydrogen-bond donors (Lipinski definition) is 0. The highest BCUT2D eigenvalue weighted by atomic mass is 32.1. The molecule has 1 aromatic carbocycles. The maximum Gasteiger partial charge on any atom is 0.254 e. The number of benzene rings is 1. The third-order valence-corrected chi connectivity index (χ3v) is 5.18. The van der Waals surface area contributed by atoms with E-state index in [1.165, 1.54) is 9.75 Å². The summed E-state index contributed by atoms with van der Waals surface area (Å²) in [7, 11) is 1.61. The second-order valence-electron chi connectivity index (χ2n) is 5.05. The van der Waals surface area contributed by atoms with Gasteiger partial charge in [0, 0.05) is 15.3 Å². The minimum atomic E-state index is 0.0192. The van der Waals surface area contributed by atoms with Crippen molar-refractivity contribution in [2.75, 3.05) is 7.11 Å². The van der Waals surface area contributed by atoms with Crippen molar-refractivity contribution >= 4 is 28.6 Å². The van der Waals surface area contributed by atoms with E-state index in [9.17, 15) is 4.79 Å². The second kappa shape index (κ2) is 7.44.